The first-order valence-electron chi connectivity index (χ1n) is 8.57. The van der Waals surface area contributed by atoms with Crippen molar-refractivity contribution in [1.29, 1.82) is 0 Å². The topological polar surface area (TPSA) is 154 Å². The minimum Gasteiger partial charge on any atom is -0.506 e. The van der Waals surface area contributed by atoms with Crippen LogP contribution in [0, 0.1) is 5.92 Å². The SMILES string of the molecule is CC(/C(=N/NC(=O)C(N)=O)c1c(Cl)ccc(Cl)c1O)C1(O)C(=O)Nc2ccccc21. The molecule has 6 N–H and O–H groups in total. The van der Waals surface area contributed by atoms with E-state index in [1.54, 1.807) is 24.3 Å². The lowest BCUT2D eigenvalue weighted by Gasteiger charge is -2.30. The molecule has 156 valence electrons. The van der Waals surface area contributed by atoms with Crippen molar-refractivity contribution < 1.29 is 24.6 Å². The molecule has 3 amide bonds. The van der Waals surface area contributed by atoms with Gasteiger partial charge >= 0.3 is 11.8 Å². The number of phenols is 1. The molecule has 0 fully saturated rings. The Hall–Kier alpha value is -3.14. The van der Waals surface area contributed by atoms with E-state index in [4.69, 9.17) is 28.9 Å². The van der Waals surface area contributed by atoms with Crippen molar-refractivity contribution in [3.63, 3.8) is 0 Å². The average molecular weight is 451 g/mol. The number of fused-ring (bicyclic) bond motifs is 1. The van der Waals surface area contributed by atoms with Crippen molar-refractivity contribution in [2.45, 2.75) is 12.5 Å². The number of nitrogens with two attached hydrogens (primary N) is 1. The Morgan fingerprint density at radius 1 is 1.20 bits per heavy atom. The van der Waals surface area contributed by atoms with E-state index >= 15 is 0 Å². The first-order valence-corrected chi connectivity index (χ1v) is 9.32. The van der Waals surface area contributed by atoms with Crippen molar-refractivity contribution in [1.82, 2.24) is 5.43 Å². The number of nitrogens with zero attached hydrogens (tertiary/aromatic N) is 1. The van der Waals surface area contributed by atoms with E-state index in [1.807, 2.05) is 5.43 Å². The molecule has 0 saturated heterocycles. The number of hydrazone groups is 1. The number of anilines is 1. The van der Waals surface area contributed by atoms with E-state index in [-0.39, 0.29) is 26.9 Å². The highest BCUT2D eigenvalue weighted by Gasteiger charge is 2.51. The number of benzene rings is 2. The van der Waals surface area contributed by atoms with E-state index in [1.165, 1.54) is 19.1 Å². The fourth-order valence-electron chi connectivity index (χ4n) is 3.21. The van der Waals surface area contributed by atoms with Crippen LogP contribution in [0.5, 0.6) is 5.75 Å². The van der Waals surface area contributed by atoms with Gasteiger partial charge in [0.2, 0.25) is 0 Å². The molecule has 2 aromatic rings. The van der Waals surface area contributed by atoms with Crippen molar-refractivity contribution in [3.8, 4) is 5.75 Å². The van der Waals surface area contributed by atoms with Gasteiger partial charge in [0.1, 0.15) is 5.75 Å². The maximum atomic E-state index is 12.7. The summed E-state index contributed by atoms with van der Waals surface area (Å²) in [7, 11) is 0. The summed E-state index contributed by atoms with van der Waals surface area (Å²) >= 11 is 12.2. The molecule has 3 rings (SSSR count). The van der Waals surface area contributed by atoms with E-state index < -0.39 is 35.0 Å². The molecule has 0 aromatic heterocycles. The molecule has 1 aliphatic heterocycles. The van der Waals surface area contributed by atoms with Crippen LogP contribution < -0.4 is 16.5 Å². The molecular formula is C19H16Cl2N4O5. The number of nitrogens with one attached hydrogen (secondary N) is 2. The van der Waals surface area contributed by atoms with Crippen molar-refractivity contribution in [2.24, 2.45) is 16.8 Å². The molecule has 11 heteroatoms. The average Bonchev–Trinajstić information content (AvgIpc) is 2.98. The number of hydrogen-bond acceptors (Lipinski definition) is 6. The zero-order chi connectivity index (χ0) is 22.2. The molecule has 30 heavy (non-hydrogen) atoms. The summed E-state index contributed by atoms with van der Waals surface area (Å²) in [6.07, 6.45) is 0. The number of aromatic hydroxyl groups is 1. The molecule has 1 aliphatic rings. The Bertz CT molecular complexity index is 1100. The molecule has 0 aliphatic carbocycles. The summed E-state index contributed by atoms with van der Waals surface area (Å²) < 4.78 is 0. The lowest BCUT2D eigenvalue weighted by Crippen LogP contribution is -2.45. The van der Waals surface area contributed by atoms with Gasteiger partial charge in [-0.2, -0.15) is 5.10 Å². The number of primary amides is 1. The molecule has 0 bridgehead atoms. The highest BCUT2D eigenvalue weighted by Crippen LogP contribution is 2.44. The second-order valence-electron chi connectivity index (χ2n) is 6.54. The third kappa shape index (κ3) is 3.47. The van der Waals surface area contributed by atoms with Gasteiger partial charge in [-0.15, -0.1) is 0 Å². The number of para-hydroxylation sites is 1. The second kappa shape index (κ2) is 7.94. The van der Waals surface area contributed by atoms with Gasteiger partial charge in [0.25, 0.3) is 5.91 Å². The minimum atomic E-state index is -2.13. The lowest BCUT2D eigenvalue weighted by atomic mass is 9.78. The fraction of sp³-hybridized carbons (Fsp3) is 0.158. The van der Waals surface area contributed by atoms with Crippen LogP contribution in [-0.2, 0) is 20.0 Å². The van der Waals surface area contributed by atoms with Crippen LogP contribution in [0.15, 0.2) is 41.5 Å². The Morgan fingerprint density at radius 3 is 2.50 bits per heavy atom. The number of carbonyl (C=O) groups excluding carboxylic acids is 3. The van der Waals surface area contributed by atoms with Crippen LogP contribution in [0.25, 0.3) is 0 Å². The smallest absolute Gasteiger partial charge is 0.329 e. The predicted molar refractivity (Wildman–Crippen MR) is 110 cm³/mol. The van der Waals surface area contributed by atoms with Crippen LogP contribution in [0.3, 0.4) is 0 Å². The number of halogens is 2. The summed E-state index contributed by atoms with van der Waals surface area (Å²) in [6, 6.07) is 9.16. The lowest BCUT2D eigenvalue weighted by molar-refractivity contribution is -0.137. The molecular weight excluding hydrogens is 435 g/mol. The number of hydrogen-bond donors (Lipinski definition) is 5. The Balaban J connectivity index is 2.20. The van der Waals surface area contributed by atoms with Gasteiger partial charge in [-0.05, 0) is 18.2 Å². The van der Waals surface area contributed by atoms with Crippen LogP contribution in [0.1, 0.15) is 18.1 Å². The number of rotatable bonds is 4. The van der Waals surface area contributed by atoms with Gasteiger partial charge in [-0.3, -0.25) is 14.4 Å². The molecule has 2 unspecified atom stereocenters. The van der Waals surface area contributed by atoms with Crippen LogP contribution in [-0.4, -0.2) is 33.6 Å². The van der Waals surface area contributed by atoms with Gasteiger partial charge in [0, 0.05) is 17.2 Å². The molecule has 9 nitrogen and oxygen atoms in total. The monoisotopic (exact) mass is 450 g/mol. The number of aliphatic hydroxyl groups is 1. The first kappa shape index (κ1) is 21.6. The van der Waals surface area contributed by atoms with E-state index in [0.29, 0.717) is 5.69 Å². The number of amides is 3. The predicted octanol–water partition coefficient (Wildman–Crippen LogP) is 1.48. The Kier molecular flexibility index (Phi) is 5.71. The van der Waals surface area contributed by atoms with Crippen molar-refractivity contribution >= 4 is 52.3 Å². The summed E-state index contributed by atoms with van der Waals surface area (Å²) in [4.78, 5) is 35.4. The van der Waals surface area contributed by atoms with Crippen molar-refractivity contribution in [3.05, 3.63) is 57.6 Å². The van der Waals surface area contributed by atoms with Crippen LogP contribution in [0.2, 0.25) is 10.0 Å². The summed E-state index contributed by atoms with van der Waals surface area (Å²) in [6.45, 7) is 1.44. The van der Waals surface area contributed by atoms with E-state index in [0.717, 1.165) is 0 Å². The summed E-state index contributed by atoms with van der Waals surface area (Å²) in [5.41, 5.74) is 5.03. The van der Waals surface area contributed by atoms with Gasteiger partial charge in [-0.1, -0.05) is 48.3 Å². The Morgan fingerprint density at radius 2 is 1.83 bits per heavy atom. The third-order valence-corrected chi connectivity index (χ3v) is 5.42. The first-order chi connectivity index (χ1) is 14.1. The largest absolute Gasteiger partial charge is 0.506 e. The zero-order valence-electron chi connectivity index (χ0n) is 15.4. The molecule has 0 radical (unpaired) electrons. The molecule has 2 atom stereocenters. The summed E-state index contributed by atoms with van der Waals surface area (Å²) in [5.74, 6) is -4.97. The number of carbonyl (C=O) groups is 3. The standard InChI is InChI=1S/C19H16Cl2N4O5/c1-8(19(30)9-4-2-3-5-12(9)23-18(19)29)14(24-25-17(28)16(22)27)13-10(20)6-7-11(21)15(13)26/h2-8,26,30H,1H3,(H2,22,27)(H,23,29)(H,25,28)/b24-14-. The summed E-state index contributed by atoms with van der Waals surface area (Å²) in [5, 5.41) is 28.2. The Labute approximate surface area is 180 Å². The quantitative estimate of drug-likeness (QED) is 0.271. The highest BCUT2D eigenvalue weighted by molar-refractivity contribution is 6.38. The maximum absolute atomic E-state index is 12.7. The maximum Gasteiger partial charge on any atom is 0.329 e. The fourth-order valence-corrected chi connectivity index (χ4v) is 3.62. The normalized spacial score (nSPS) is 19.1. The molecule has 0 spiro atoms. The van der Waals surface area contributed by atoms with E-state index in [2.05, 4.69) is 10.4 Å². The highest BCUT2D eigenvalue weighted by atomic mass is 35.5. The van der Waals surface area contributed by atoms with Gasteiger partial charge in [-0.25, -0.2) is 5.43 Å². The van der Waals surface area contributed by atoms with Gasteiger partial charge < -0.3 is 21.3 Å². The molecule has 0 saturated carbocycles. The van der Waals surface area contributed by atoms with Crippen LogP contribution >= 0.6 is 23.2 Å². The number of phenolic OH excluding ortho intramolecular Hbond substituents is 1. The second-order valence-corrected chi connectivity index (χ2v) is 7.36. The minimum absolute atomic E-state index is 0.0221. The molecule has 2 aromatic carbocycles. The zero-order valence-corrected chi connectivity index (χ0v) is 17.0. The van der Waals surface area contributed by atoms with Crippen molar-refractivity contribution in [2.75, 3.05) is 5.32 Å². The van der Waals surface area contributed by atoms with E-state index in [9.17, 15) is 24.6 Å². The van der Waals surface area contributed by atoms with Gasteiger partial charge in [0.15, 0.2) is 5.60 Å². The van der Waals surface area contributed by atoms with Crippen LogP contribution in [0.4, 0.5) is 5.69 Å². The third-order valence-electron chi connectivity index (χ3n) is 4.80. The van der Waals surface area contributed by atoms with Gasteiger partial charge in [0.05, 0.1) is 21.3 Å². The molecule has 1 heterocycles.